The average Bonchev–Trinajstić information content (AvgIpc) is 2.15. The second-order valence-corrected chi connectivity index (χ2v) is 4.72. The van der Waals surface area contributed by atoms with E-state index in [-0.39, 0.29) is 0 Å². The zero-order chi connectivity index (χ0) is 10.7. The van der Waals surface area contributed by atoms with Crippen LogP contribution < -0.4 is 5.73 Å². The van der Waals surface area contributed by atoms with E-state index in [1.165, 1.54) is 21.2 Å². The number of hydrogen-bond donors (Lipinski definition) is 1. The molecule has 78 valence electrons. The molecule has 0 aliphatic heterocycles. The van der Waals surface area contributed by atoms with Gasteiger partial charge in [-0.1, -0.05) is 28.9 Å². The van der Waals surface area contributed by atoms with E-state index in [1.54, 1.807) is 0 Å². The van der Waals surface area contributed by atoms with Gasteiger partial charge < -0.3 is 5.73 Å². The van der Waals surface area contributed by atoms with Gasteiger partial charge in [-0.2, -0.15) is 0 Å². The minimum absolute atomic E-state index is 0.562. The van der Waals surface area contributed by atoms with E-state index in [2.05, 4.69) is 48.8 Å². The van der Waals surface area contributed by atoms with Crippen molar-refractivity contribution in [2.75, 3.05) is 6.54 Å². The molecule has 1 aromatic rings. The lowest BCUT2D eigenvalue weighted by Crippen LogP contribution is -2.06. The van der Waals surface area contributed by atoms with Gasteiger partial charge in [-0.25, -0.2) is 0 Å². The van der Waals surface area contributed by atoms with Gasteiger partial charge in [0, 0.05) is 4.47 Å². The van der Waals surface area contributed by atoms with Crippen molar-refractivity contribution >= 4 is 15.9 Å². The molecule has 2 heteroatoms. The van der Waals surface area contributed by atoms with Gasteiger partial charge in [0.2, 0.25) is 0 Å². The molecule has 0 fully saturated rings. The van der Waals surface area contributed by atoms with Gasteiger partial charge in [-0.15, -0.1) is 0 Å². The summed E-state index contributed by atoms with van der Waals surface area (Å²) in [5.74, 6) is 0.562. The van der Waals surface area contributed by atoms with Crippen molar-refractivity contribution in [1.82, 2.24) is 0 Å². The lowest BCUT2D eigenvalue weighted by atomic mass is 9.91. The van der Waals surface area contributed by atoms with Gasteiger partial charge in [0.1, 0.15) is 0 Å². The van der Waals surface area contributed by atoms with E-state index in [0.717, 1.165) is 13.0 Å². The van der Waals surface area contributed by atoms with Crippen LogP contribution in [-0.2, 0) is 0 Å². The fraction of sp³-hybridized carbons (Fsp3) is 0.500. The van der Waals surface area contributed by atoms with Crippen LogP contribution in [-0.4, -0.2) is 6.54 Å². The summed E-state index contributed by atoms with van der Waals surface area (Å²) in [5, 5.41) is 0. The van der Waals surface area contributed by atoms with E-state index < -0.39 is 0 Å². The highest BCUT2D eigenvalue weighted by Gasteiger charge is 2.10. The topological polar surface area (TPSA) is 26.0 Å². The standard InChI is InChI=1S/C12H18BrN/c1-8(6-7-14)11-4-5-12(13)10(3)9(11)2/h4-5,8H,6-7,14H2,1-3H3. The normalized spacial score (nSPS) is 12.9. The summed E-state index contributed by atoms with van der Waals surface area (Å²) >= 11 is 3.54. The minimum Gasteiger partial charge on any atom is -0.330 e. The average molecular weight is 256 g/mol. The van der Waals surface area contributed by atoms with Crippen LogP contribution in [0.25, 0.3) is 0 Å². The molecule has 0 amide bonds. The molecule has 0 aromatic heterocycles. The third-order valence-electron chi connectivity index (χ3n) is 2.89. The minimum atomic E-state index is 0.562. The third-order valence-corrected chi connectivity index (χ3v) is 3.75. The van der Waals surface area contributed by atoms with Crippen molar-refractivity contribution in [3.63, 3.8) is 0 Å². The lowest BCUT2D eigenvalue weighted by Gasteiger charge is -2.16. The van der Waals surface area contributed by atoms with Crippen LogP contribution in [0.1, 0.15) is 36.0 Å². The van der Waals surface area contributed by atoms with Crippen molar-refractivity contribution in [2.45, 2.75) is 33.1 Å². The Morgan fingerprint density at radius 1 is 1.29 bits per heavy atom. The summed E-state index contributed by atoms with van der Waals surface area (Å²) in [5.41, 5.74) is 9.73. The molecule has 1 atom stereocenters. The highest BCUT2D eigenvalue weighted by atomic mass is 79.9. The molecule has 1 unspecified atom stereocenters. The summed E-state index contributed by atoms with van der Waals surface area (Å²) in [7, 11) is 0. The molecule has 1 rings (SSSR count). The van der Waals surface area contributed by atoms with E-state index in [4.69, 9.17) is 5.73 Å². The quantitative estimate of drug-likeness (QED) is 0.879. The Hall–Kier alpha value is -0.340. The first kappa shape index (κ1) is 11.7. The summed E-state index contributed by atoms with van der Waals surface area (Å²) < 4.78 is 1.19. The van der Waals surface area contributed by atoms with Crippen LogP contribution in [0.4, 0.5) is 0 Å². The first-order chi connectivity index (χ1) is 6.57. The molecule has 0 radical (unpaired) electrons. The molecule has 1 aromatic carbocycles. The smallest absolute Gasteiger partial charge is 0.0207 e. The highest BCUT2D eigenvalue weighted by Crippen LogP contribution is 2.28. The van der Waals surface area contributed by atoms with Crippen molar-refractivity contribution in [3.8, 4) is 0 Å². The summed E-state index contributed by atoms with van der Waals surface area (Å²) in [6.45, 7) is 7.33. The SMILES string of the molecule is Cc1c(Br)ccc(C(C)CCN)c1C. The molecular formula is C12H18BrN. The molecule has 0 aliphatic carbocycles. The Morgan fingerprint density at radius 2 is 1.93 bits per heavy atom. The van der Waals surface area contributed by atoms with E-state index in [0.29, 0.717) is 5.92 Å². The van der Waals surface area contributed by atoms with Gasteiger partial charge in [0.25, 0.3) is 0 Å². The Kier molecular flexibility index (Phi) is 4.14. The van der Waals surface area contributed by atoms with Gasteiger partial charge >= 0.3 is 0 Å². The molecule has 0 aliphatic rings. The first-order valence-corrected chi connectivity index (χ1v) is 5.83. The van der Waals surface area contributed by atoms with Crippen LogP contribution in [0.5, 0.6) is 0 Å². The predicted octanol–water partition coefficient (Wildman–Crippen LogP) is 3.52. The summed E-state index contributed by atoms with van der Waals surface area (Å²) in [6.07, 6.45) is 1.06. The molecule has 2 N–H and O–H groups in total. The largest absolute Gasteiger partial charge is 0.330 e. The number of nitrogens with two attached hydrogens (primary N) is 1. The van der Waals surface area contributed by atoms with Crippen molar-refractivity contribution in [1.29, 1.82) is 0 Å². The van der Waals surface area contributed by atoms with Gasteiger partial charge in [-0.3, -0.25) is 0 Å². The molecular weight excluding hydrogens is 238 g/mol. The highest BCUT2D eigenvalue weighted by molar-refractivity contribution is 9.10. The Morgan fingerprint density at radius 3 is 2.50 bits per heavy atom. The van der Waals surface area contributed by atoms with Crippen LogP contribution in [0.15, 0.2) is 16.6 Å². The maximum absolute atomic E-state index is 5.58. The third kappa shape index (κ3) is 2.37. The van der Waals surface area contributed by atoms with Crippen molar-refractivity contribution in [2.24, 2.45) is 5.73 Å². The summed E-state index contributed by atoms with van der Waals surface area (Å²) in [4.78, 5) is 0. The number of halogens is 1. The Bertz CT molecular complexity index is 320. The first-order valence-electron chi connectivity index (χ1n) is 5.03. The fourth-order valence-corrected chi connectivity index (χ4v) is 2.18. The number of hydrogen-bond acceptors (Lipinski definition) is 1. The molecule has 14 heavy (non-hydrogen) atoms. The molecule has 0 heterocycles. The van der Waals surface area contributed by atoms with Crippen LogP contribution in [0.3, 0.4) is 0 Å². The van der Waals surface area contributed by atoms with Gasteiger partial charge in [0.05, 0.1) is 0 Å². The molecule has 0 bridgehead atoms. The zero-order valence-electron chi connectivity index (χ0n) is 9.10. The maximum Gasteiger partial charge on any atom is 0.0207 e. The molecule has 1 nitrogen and oxygen atoms in total. The van der Waals surface area contributed by atoms with Crippen LogP contribution >= 0.6 is 15.9 Å². The summed E-state index contributed by atoms with van der Waals surface area (Å²) in [6, 6.07) is 4.33. The number of benzene rings is 1. The molecule has 0 saturated carbocycles. The van der Waals surface area contributed by atoms with E-state index in [9.17, 15) is 0 Å². The van der Waals surface area contributed by atoms with E-state index >= 15 is 0 Å². The molecule has 0 spiro atoms. The lowest BCUT2D eigenvalue weighted by molar-refractivity contribution is 0.685. The van der Waals surface area contributed by atoms with Crippen molar-refractivity contribution < 1.29 is 0 Å². The Balaban J connectivity index is 3.04. The predicted molar refractivity (Wildman–Crippen MR) is 65.7 cm³/mol. The fourth-order valence-electron chi connectivity index (χ4n) is 1.75. The second kappa shape index (κ2) is 4.94. The van der Waals surface area contributed by atoms with Crippen LogP contribution in [0.2, 0.25) is 0 Å². The zero-order valence-corrected chi connectivity index (χ0v) is 10.7. The van der Waals surface area contributed by atoms with Gasteiger partial charge in [-0.05, 0) is 55.5 Å². The van der Waals surface area contributed by atoms with Crippen molar-refractivity contribution in [3.05, 3.63) is 33.3 Å². The maximum atomic E-state index is 5.58. The Labute approximate surface area is 94.8 Å². The van der Waals surface area contributed by atoms with Gasteiger partial charge in [0.15, 0.2) is 0 Å². The van der Waals surface area contributed by atoms with Crippen LogP contribution in [0, 0.1) is 13.8 Å². The monoisotopic (exact) mass is 255 g/mol. The number of rotatable bonds is 3. The van der Waals surface area contributed by atoms with E-state index in [1.807, 2.05) is 0 Å². The second-order valence-electron chi connectivity index (χ2n) is 3.87. The molecule has 0 saturated heterocycles.